The molecule has 1 amide bonds. The molecule has 2 N–H and O–H groups in total. The van der Waals surface area contributed by atoms with Gasteiger partial charge in [-0.05, 0) is 37.3 Å². The van der Waals surface area contributed by atoms with Crippen molar-refractivity contribution >= 4 is 11.9 Å². The number of amides is 1. The number of carboxylic acid groups (broad SMARTS) is 1. The summed E-state index contributed by atoms with van der Waals surface area (Å²) in [5, 5.41) is 20.4. The Kier molecular flexibility index (Phi) is 6.04. The van der Waals surface area contributed by atoms with E-state index in [1.54, 1.807) is 0 Å². The number of carbonyl (C=O) groups is 2. The van der Waals surface area contributed by atoms with Gasteiger partial charge in [0.2, 0.25) is 0 Å². The number of aromatic nitrogens is 1. The molecule has 0 saturated carbocycles. The minimum atomic E-state index is -1.47. The topological polar surface area (TPSA) is 90.7 Å². The van der Waals surface area contributed by atoms with Crippen LogP contribution in [0.3, 0.4) is 0 Å². The Morgan fingerprint density at radius 2 is 2.00 bits per heavy atom. The second-order valence-electron chi connectivity index (χ2n) is 7.19. The zero-order chi connectivity index (χ0) is 20.1. The third kappa shape index (κ3) is 4.04. The van der Waals surface area contributed by atoms with E-state index >= 15 is 0 Å². The van der Waals surface area contributed by atoms with Crippen LogP contribution in [0.2, 0.25) is 0 Å². The highest BCUT2D eigenvalue weighted by Gasteiger charge is 2.49. The largest absolute Gasteiger partial charge is 0.481 e. The van der Waals surface area contributed by atoms with E-state index in [1.165, 1.54) is 17.2 Å². The van der Waals surface area contributed by atoms with Crippen molar-refractivity contribution in [2.45, 2.75) is 31.8 Å². The second kappa shape index (κ2) is 8.48. The van der Waals surface area contributed by atoms with Gasteiger partial charge < -0.3 is 15.1 Å². The monoisotopic (exact) mass is 386 g/mol. The van der Waals surface area contributed by atoms with Gasteiger partial charge in [0.05, 0.1) is 17.9 Å². The summed E-state index contributed by atoms with van der Waals surface area (Å²) in [5.74, 6) is -2.47. The van der Waals surface area contributed by atoms with Gasteiger partial charge in [0.25, 0.3) is 5.91 Å². The van der Waals surface area contributed by atoms with Crippen molar-refractivity contribution in [2.24, 2.45) is 5.41 Å². The lowest BCUT2D eigenvalue weighted by Crippen LogP contribution is -2.57. The van der Waals surface area contributed by atoms with Crippen LogP contribution in [0.15, 0.2) is 48.8 Å². The van der Waals surface area contributed by atoms with Crippen molar-refractivity contribution in [1.82, 2.24) is 9.88 Å². The Bertz CT molecular complexity index is 845. The minimum Gasteiger partial charge on any atom is -0.481 e. The summed E-state index contributed by atoms with van der Waals surface area (Å²) in [6, 6.07) is 11.0. The molecule has 28 heavy (non-hydrogen) atoms. The van der Waals surface area contributed by atoms with E-state index < -0.39 is 29.2 Å². The summed E-state index contributed by atoms with van der Waals surface area (Å²) in [6.07, 6.45) is 2.80. The van der Waals surface area contributed by atoms with Crippen LogP contribution in [-0.2, 0) is 11.2 Å². The van der Waals surface area contributed by atoms with Crippen LogP contribution in [-0.4, -0.2) is 51.2 Å². The predicted octanol–water partition coefficient (Wildman–Crippen LogP) is 2.52. The number of hydrogen-bond donors (Lipinski definition) is 2. The van der Waals surface area contributed by atoms with Gasteiger partial charge in [-0.3, -0.25) is 14.6 Å². The van der Waals surface area contributed by atoms with Crippen LogP contribution < -0.4 is 0 Å². The molecule has 6 nitrogen and oxygen atoms in total. The van der Waals surface area contributed by atoms with Gasteiger partial charge in [0.15, 0.2) is 5.82 Å². The number of rotatable bonds is 6. The number of carbonyl (C=O) groups excluding carboxylic acids is 1. The average Bonchev–Trinajstić information content (AvgIpc) is 2.70. The zero-order valence-electron chi connectivity index (χ0n) is 15.4. The molecule has 1 aromatic heterocycles. The predicted molar refractivity (Wildman–Crippen MR) is 100 cm³/mol. The molecular formula is C21H23FN2O4. The lowest BCUT2D eigenvalue weighted by molar-refractivity contribution is -0.162. The Labute approximate surface area is 162 Å². The van der Waals surface area contributed by atoms with Gasteiger partial charge in [0, 0.05) is 19.3 Å². The molecule has 0 radical (unpaired) electrons. The molecule has 1 aliphatic heterocycles. The SMILES string of the molecule is O=C(c1ccncc1F)N1CC[C@H](O)[C@](CCCc2ccccc2)(C(=O)O)C1. The fourth-order valence-corrected chi connectivity index (χ4v) is 3.79. The number of pyridine rings is 1. The van der Waals surface area contributed by atoms with Crippen molar-refractivity contribution < 1.29 is 24.2 Å². The molecule has 0 unspecified atom stereocenters. The van der Waals surface area contributed by atoms with E-state index in [-0.39, 0.29) is 31.5 Å². The van der Waals surface area contributed by atoms with Crippen molar-refractivity contribution in [3.63, 3.8) is 0 Å². The van der Waals surface area contributed by atoms with Gasteiger partial charge in [-0.1, -0.05) is 30.3 Å². The van der Waals surface area contributed by atoms with Gasteiger partial charge in [0.1, 0.15) is 5.41 Å². The Hall–Kier alpha value is -2.80. The molecule has 2 aromatic rings. The van der Waals surface area contributed by atoms with Crippen LogP contribution in [0.4, 0.5) is 4.39 Å². The Morgan fingerprint density at radius 1 is 1.25 bits per heavy atom. The van der Waals surface area contributed by atoms with Gasteiger partial charge in [-0.25, -0.2) is 4.39 Å². The van der Waals surface area contributed by atoms with Crippen LogP contribution in [0.5, 0.6) is 0 Å². The first-order valence-corrected chi connectivity index (χ1v) is 9.28. The molecule has 1 fully saturated rings. The maximum Gasteiger partial charge on any atom is 0.314 e. The number of carboxylic acids is 1. The molecule has 1 saturated heterocycles. The van der Waals surface area contributed by atoms with Crippen LogP contribution in [0, 0.1) is 11.2 Å². The van der Waals surface area contributed by atoms with E-state index in [4.69, 9.17) is 0 Å². The molecule has 7 heteroatoms. The number of benzene rings is 1. The van der Waals surface area contributed by atoms with Crippen molar-refractivity contribution in [3.05, 3.63) is 65.7 Å². The third-order valence-corrected chi connectivity index (χ3v) is 5.43. The average molecular weight is 386 g/mol. The summed E-state index contributed by atoms with van der Waals surface area (Å²) in [6.45, 7) is 0.0222. The highest BCUT2D eigenvalue weighted by atomic mass is 19.1. The number of aryl methyl sites for hydroxylation is 1. The van der Waals surface area contributed by atoms with Gasteiger partial charge >= 0.3 is 5.97 Å². The lowest BCUT2D eigenvalue weighted by Gasteiger charge is -2.43. The minimum absolute atomic E-state index is 0.135. The summed E-state index contributed by atoms with van der Waals surface area (Å²) in [5.41, 5.74) is -0.526. The molecular weight excluding hydrogens is 363 g/mol. The number of aliphatic hydroxyl groups excluding tert-OH is 1. The summed E-state index contributed by atoms with van der Waals surface area (Å²) in [7, 11) is 0. The molecule has 1 aliphatic rings. The zero-order valence-corrected chi connectivity index (χ0v) is 15.4. The quantitative estimate of drug-likeness (QED) is 0.796. The maximum atomic E-state index is 13.9. The number of piperidine rings is 1. The second-order valence-corrected chi connectivity index (χ2v) is 7.19. The number of nitrogens with zero attached hydrogens (tertiary/aromatic N) is 2. The van der Waals surface area contributed by atoms with Crippen molar-refractivity contribution in [2.75, 3.05) is 13.1 Å². The van der Waals surface area contributed by atoms with Crippen LogP contribution in [0.1, 0.15) is 35.2 Å². The number of halogens is 1. The normalized spacial score (nSPS) is 22.1. The fraction of sp³-hybridized carbons (Fsp3) is 0.381. The molecule has 0 spiro atoms. The van der Waals surface area contributed by atoms with Gasteiger partial charge in [-0.15, -0.1) is 0 Å². The lowest BCUT2D eigenvalue weighted by atomic mass is 9.73. The summed E-state index contributed by atoms with van der Waals surface area (Å²) >= 11 is 0. The fourth-order valence-electron chi connectivity index (χ4n) is 3.79. The first-order valence-electron chi connectivity index (χ1n) is 9.28. The molecule has 1 aromatic carbocycles. The molecule has 3 rings (SSSR count). The standard InChI is InChI=1S/C21H23FN2O4/c22-17-13-23-11-8-16(17)19(26)24-12-9-18(25)21(14-24,20(27)28)10-4-7-15-5-2-1-3-6-15/h1-3,5-6,8,11,13,18,25H,4,7,9-10,12,14H2,(H,27,28)/t18-,21+/m0/s1. The number of aliphatic hydroxyl groups is 1. The third-order valence-electron chi connectivity index (χ3n) is 5.43. The van der Waals surface area contributed by atoms with Gasteiger partial charge in [-0.2, -0.15) is 0 Å². The number of likely N-dealkylation sites (tertiary alicyclic amines) is 1. The van der Waals surface area contributed by atoms with Crippen LogP contribution in [0.25, 0.3) is 0 Å². The summed E-state index contributed by atoms with van der Waals surface area (Å²) in [4.78, 5) is 29.8. The molecule has 0 bridgehead atoms. The maximum absolute atomic E-state index is 13.9. The van der Waals surface area contributed by atoms with E-state index in [0.717, 1.165) is 11.8 Å². The molecule has 2 heterocycles. The first-order chi connectivity index (χ1) is 13.4. The Morgan fingerprint density at radius 3 is 2.68 bits per heavy atom. The van der Waals surface area contributed by atoms with Crippen LogP contribution >= 0.6 is 0 Å². The summed E-state index contributed by atoms with van der Waals surface area (Å²) < 4.78 is 13.9. The van der Waals surface area contributed by atoms with E-state index in [9.17, 15) is 24.2 Å². The Balaban J connectivity index is 1.76. The molecule has 148 valence electrons. The molecule has 2 atom stereocenters. The smallest absolute Gasteiger partial charge is 0.314 e. The van der Waals surface area contributed by atoms with Crippen molar-refractivity contribution in [3.8, 4) is 0 Å². The van der Waals surface area contributed by atoms with Crippen molar-refractivity contribution in [1.29, 1.82) is 0 Å². The highest BCUT2D eigenvalue weighted by Crippen LogP contribution is 2.36. The van der Waals surface area contributed by atoms with E-state index in [2.05, 4.69) is 4.98 Å². The number of hydrogen-bond acceptors (Lipinski definition) is 4. The highest BCUT2D eigenvalue weighted by molar-refractivity contribution is 5.95. The first kappa shape index (κ1) is 19.9. The molecule has 0 aliphatic carbocycles. The number of aliphatic carboxylic acids is 1. The van der Waals surface area contributed by atoms with E-state index in [1.807, 2.05) is 30.3 Å². The van der Waals surface area contributed by atoms with E-state index in [0.29, 0.717) is 12.8 Å².